The van der Waals surface area contributed by atoms with Gasteiger partial charge in [-0.15, -0.1) is 0 Å². The molecule has 5 rings (SSSR count). The molecule has 0 spiro atoms. The Morgan fingerprint density at radius 3 is 2.45 bits per heavy atom. The Kier molecular flexibility index (Phi) is 7.68. The summed E-state index contributed by atoms with van der Waals surface area (Å²) in [5.74, 6) is -1.07. The summed E-state index contributed by atoms with van der Waals surface area (Å²) in [6.07, 6.45) is 6.21. The zero-order valence-corrected chi connectivity index (χ0v) is 22.1. The predicted molar refractivity (Wildman–Crippen MR) is 143 cm³/mol. The van der Waals surface area contributed by atoms with Crippen LogP contribution in [0.5, 0.6) is 0 Å². The van der Waals surface area contributed by atoms with Crippen molar-refractivity contribution in [3.8, 4) is 0 Å². The van der Waals surface area contributed by atoms with Gasteiger partial charge >= 0.3 is 6.09 Å². The zero-order chi connectivity index (χ0) is 26.8. The number of halogens is 1. The van der Waals surface area contributed by atoms with Crippen molar-refractivity contribution in [1.82, 2.24) is 4.90 Å². The van der Waals surface area contributed by atoms with E-state index in [1.54, 1.807) is 26.0 Å². The first-order chi connectivity index (χ1) is 18.4. The number of anilines is 2. The van der Waals surface area contributed by atoms with Crippen molar-refractivity contribution in [3.63, 3.8) is 0 Å². The highest BCUT2D eigenvalue weighted by Crippen LogP contribution is 2.45. The maximum absolute atomic E-state index is 14.5. The highest BCUT2D eigenvalue weighted by atomic mass is 19.1. The van der Waals surface area contributed by atoms with E-state index in [-0.39, 0.29) is 18.1 Å². The lowest BCUT2D eigenvalue weighted by Crippen LogP contribution is -2.55. The van der Waals surface area contributed by atoms with Crippen LogP contribution >= 0.6 is 0 Å². The largest absolute Gasteiger partial charge is 0.447 e. The summed E-state index contributed by atoms with van der Waals surface area (Å²) in [7, 11) is 0. The molecule has 0 aromatic heterocycles. The van der Waals surface area contributed by atoms with Gasteiger partial charge in [0.15, 0.2) is 0 Å². The second-order valence-corrected chi connectivity index (χ2v) is 10.8. The third-order valence-electron chi connectivity index (χ3n) is 7.84. The second kappa shape index (κ2) is 11.1. The Bertz CT molecular complexity index is 1200. The quantitative estimate of drug-likeness (QED) is 0.486. The van der Waals surface area contributed by atoms with Crippen molar-refractivity contribution in [2.75, 3.05) is 16.3 Å². The van der Waals surface area contributed by atoms with Crippen LogP contribution in [0, 0.1) is 5.82 Å². The molecule has 2 heterocycles. The van der Waals surface area contributed by atoms with Crippen molar-refractivity contribution in [3.05, 3.63) is 59.9 Å². The molecule has 38 heavy (non-hydrogen) atoms. The molecule has 2 aliphatic heterocycles. The minimum Gasteiger partial charge on any atom is -0.447 e. The van der Waals surface area contributed by atoms with Gasteiger partial charge in [-0.1, -0.05) is 43.5 Å². The molecule has 8 heteroatoms. The second-order valence-electron chi connectivity index (χ2n) is 10.8. The molecule has 2 aromatic carbocycles. The van der Waals surface area contributed by atoms with Crippen molar-refractivity contribution in [2.45, 2.75) is 89.4 Å². The van der Waals surface area contributed by atoms with Crippen LogP contribution in [0.3, 0.4) is 0 Å². The van der Waals surface area contributed by atoms with Crippen LogP contribution in [-0.2, 0) is 14.3 Å². The number of rotatable bonds is 5. The maximum atomic E-state index is 14.5. The third-order valence-corrected chi connectivity index (χ3v) is 7.84. The van der Waals surface area contributed by atoms with Crippen molar-refractivity contribution < 1.29 is 23.5 Å². The minimum absolute atomic E-state index is 0.0686. The molecule has 1 aliphatic carbocycles. The summed E-state index contributed by atoms with van der Waals surface area (Å²) in [5, 5.41) is 0. The lowest BCUT2D eigenvalue weighted by molar-refractivity contribution is -0.128. The number of benzene rings is 2. The molecule has 2 atom stereocenters. The number of para-hydroxylation sites is 1. The number of carbonyl (C=O) groups excluding carboxylic acids is 3. The molecule has 3 amide bonds. The summed E-state index contributed by atoms with van der Waals surface area (Å²) < 4.78 is 20.0. The summed E-state index contributed by atoms with van der Waals surface area (Å²) in [5.41, 5.74) is 1.84. The van der Waals surface area contributed by atoms with Crippen molar-refractivity contribution >= 4 is 29.3 Å². The molecule has 0 N–H and O–H groups in total. The van der Waals surface area contributed by atoms with Gasteiger partial charge in [0.1, 0.15) is 17.9 Å². The fourth-order valence-corrected chi connectivity index (χ4v) is 6.15. The van der Waals surface area contributed by atoms with Crippen molar-refractivity contribution in [1.29, 1.82) is 0 Å². The maximum Gasteiger partial charge on any atom is 0.410 e. The molecular weight excluding hydrogens is 485 g/mol. The Hall–Kier alpha value is -3.42. The first kappa shape index (κ1) is 26.2. The number of ether oxygens (including phenoxy) is 1. The van der Waals surface area contributed by atoms with Crippen LogP contribution in [0.2, 0.25) is 0 Å². The van der Waals surface area contributed by atoms with Crippen LogP contribution in [0.1, 0.15) is 76.8 Å². The molecule has 3 aliphatic rings. The number of hydrogen-bond acceptors (Lipinski definition) is 4. The van der Waals surface area contributed by atoms with Gasteiger partial charge in [-0.2, -0.15) is 0 Å². The standard InChI is InChI=1S/C30H36FN3O4/c1-20(2)38-30(37)32-18-9-8-17-26(32)28(35)34(23-14-10-11-21(31)19-23)27-24-15-6-7-16-25(24)33(29(27)36)22-12-4-3-5-13-22/h6-7,10-11,14-16,19-20,22,26-27H,3-5,8-9,12-13,17-18H2,1-2H3/t26-,27+/m1/s1. The Balaban J connectivity index is 1.57. The van der Waals surface area contributed by atoms with Gasteiger partial charge < -0.3 is 9.64 Å². The fourth-order valence-electron chi connectivity index (χ4n) is 6.15. The number of nitrogens with zero attached hydrogens (tertiary/aromatic N) is 3. The molecule has 1 saturated carbocycles. The number of fused-ring (bicyclic) bond motifs is 1. The third kappa shape index (κ3) is 5.00. The molecule has 7 nitrogen and oxygen atoms in total. The van der Waals surface area contributed by atoms with Crippen LogP contribution in [0.25, 0.3) is 0 Å². The molecule has 2 fully saturated rings. The smallest absolute Gasteiger partial charge is 0.410 e. The molecule has 2 aromatic rings. The van der Waals surface area contributed by atoms with Crippen molar-refractivity contribution in [2.24, 2.45) is 0 Å². The average molecular weight is 522 g/mol. The van der Waals surface area contributed by atoms with Crippen LogP contribution in [0.15, 0.2) is 48.5 Å². The van der Waals surface area contributed by atoms with Gasteiger partial charge in [-0.05, 0) is 70.2 Å². The van der Waals surface area contributed by atoms with Gasteiger partial charge in [-0.25, -0.2) is 9.18 Å². The monoisotopic (exact) mass is 521 g/mol. The molecular formula is C30H36FN3O4. The molecule has 0 radical (unpaired) electrons. The number of amides is 3. The van der Waals surface area contributed by atoms with E-state index < -0.39 is 29.9 Å². The zero-order valence-electron chi connectivity index (χ0n) is 22.1. The van der Waals surface area contributed by atoms with Crippen LogP contribution in [0.4, 0.5) is 20.6 Å². The summed E-state index contributed by atoms with van der Waals surface area (Å²) in [6, 6.07) is 11.7. The van der Waals surface area contributed by atoms with E-state index >= 15 is 0 Å². The molecule has 202 valence electrons. The predicted octanol–water partition coefficient (Wildman–Crippen LogP) is 5.98. The van der Waals surface area contributed by atoms with E-state index in [4.69, 9.17) is 4.74 Å². The summed E-state index contributed by atoms with van der Waals surface area (Å²) in [4.78, 5) is 46.4. The number of carbonyl (C=O) groups is 3. The highest BCUT2D eigenvalue weighted by Gasteiger charge is 2.48. The first-order valence-corrected chi connectivity index (χ1v) is 13.8. The van der Waals surface area contributed by atoms with Crippen LogP contribution < -0.4 is 9.80 Å². The molecule has 0 unspecified atom stereocenters. The average Bonchev–Trinajstić information content (AvgIpc) is 3.20. The lowest BCUT2D eigenvalue weighted by Gasteiger charge is -2.39. The Labute approximate surface area is 223 Å². The Morgan fingerprint density at radius 2 is 1.71 bits per heavy atom. The van der Waals surface area contributed by atoms with E-state index in [0.29, 0.717) is 18.7 Å². The number of piperidine rings is 1. The van der Waals surface area contributed by atoms with Gasteiger partial charge in [0.25, 0.3) is 11.8 Å². The first-order valence-electron chi connectivity index (χ1n) is 13.8. The minimum atomic E-state index is -0.938. The highest BCUT2D eigenvalue weighted by molar-refractivity contribution is 6.12. The van der Waals surface area contributed by atoms with E-state index in [0.717, 1.165) is 56.2 Å². The van der Waals surface area contributed by atoms with E-state index in [1.807, 2.05) is 29.2 Å². The number of hydrogen-bond donors (Lipinski definition) is 0. The SMILES string of the molecule is CC(C)OC(=O)N1CCCC[C@@H]1C(=O)N(c1cccc(F)c1)[C@@H]1C(=O)N(C2CCCCC2)c2ccccc21. The van der Waals surface area contributed by atoms with Gasteiger partial charge in [-0.3, -0.25) is 19.4 Å². The Morgan fingerprint density at radius 1 is 0.974 bits per heavy atom. The topological polar surface area (TPSA) is 70.2 Å². The lowest BCUT2D eigenvalue weighted by atomic mass is 9.94. The van der Waals surface area contributed by atoms with Gasteiger partial charge in [0.2, 0.25) is 0 Å². The van der Waals surface area contributed by atoms with Gasteiger partial charge in [0.05, 0.1) is 6.10 Å². The number of likely N-dealkylation sites (tertiary alicyclic amines) is 1. The van der Waals surface area contributed by atoms with E-state index in [9.17, 15) is 18.8 Å². The molecule has 1 saturated heterocycles. The summed E-state index contributed by atoms with van der Waals surface area (Å²) in [6.45, 7) is 3.93. The van der Waals surface area contributed by atoms with Crippen LogP contribution in [-0.4, -0.2) is 47.5 Å². The molecule has 0 bridgehead atoms. The normalized spacial score (nSPS) is 21.9. The fraction of sp³-hybridized carbons (Fsp3) is 0.500. The summed E-state index contributed by atoms with van der Waals surface area (Å²) >= 11 is 0. The van der Waals surface area contributed by atoms with E-state index in [2.05, 4.69) is 0 Å². The van der Waals surface area contributed by atoms with Gasteiger partial charge in [0, 0.05) is 29.5 Å². The van der Waals surface area contributed by atoms with E-state index in [1.165, 1.54) is 21.9 Å².